The van der Waals surface area contributed by atoms with Crippen molar-refractivity contribution in [2.75, 3.05) is 0 Å². The van der Waals surface area contributed by atoms with Crippen LogP contribution in [0.2, 0.25) is 0 Å². The van der Waals surface area contributed by atoms with E-state index in [2.05, 4.69) is 0 Å². The molecule has 0 aromatic heterocycles. The minimum absolute atomic E-state index is 0.126. The van der Waals surface area contributed by atoms with E-state index in [1.165, 1.54) is 24.3 Å². The third kappa shape index (κ3) is 3.91. The standard InChI is InChI=1S/C12H16N2O6S/c1-2-3-9-11(12(15)16)13(14(17)18)21(19,20)10-7-5-4-6-8-10/h4-8,11H,2-3,9H2,1H3,(H,15,16). The van der Waals surface area contributed by atoms with Gasteiger partial charge in [-0.15, -0.1) is 0 Å². The Balaban J connectivity index is 3.27. The molecule has 0 saturated heterocycles. The number of rotatable bonds is 8. The monoisotopic (exact) mass is 316 g/mol. The van der Waals surface area contributed by atoms with Gasteiger partial charge in [0.15, 0.2) is 5.03 Å². The van der Waals surface area contributed by atoms with Crippen LogP contribution in [0.25, 0.3) is 0 Å². The van der Waals surface area contributed by atoms with Crippen LogP contribution in [0.4, 0.5) is 0 Å². The first-order valence-electron chi connectivity index (χ1n) is 6.29. The fourth-order valence-electron chi connectivity index (χ4n) is 1.80. The van der Waals surface area contributed by atoms with Gasteiger partial charge in [0.1, 0.15) is 0 Å². The largest absolute Gasteiger partial charge is 0.480 e. The van der Waals surface area contributed by atoms with Crippen molar-refractivity contribution in [1.82, 2.24) is 4.41 Å². The van der Waals surface area contributed by atoms with E-state index in [0.29, 0.717) is 12.8 Å². The fourth-order valence-corrected chi connectivity index (χ4v) is 3.22. The first-order valence-corrected chi connectivity index (χ1v) is 7.73. The van der Waals surface area contributed by atoms with Crippen molar-refractivity contribution in [3.8, 4) is 0 Å². The molecule has 0 saturated carbocycles. The van der Waals surface area contributed by atoms with Gasteiger partial charge in [-0.3, -0.25) is 0 Å². The van der Waals surface area contributed by atoms with Crippen LogP contribution < -0.4 is 0 Å². The summed E-state index contributed by atoms with van der Waals surface area (Å²) >= 11 is 0. The van der Waals surface area contributed by atoms with Crippen LogP contribution in [0, 0.1) is 10.1 Å². The molecular formula is C12H16N2O6S. The molecular weight excluding hydrogens is 300 g/mol. The Morgan fingerprint density at radius 1 is 1.38 bits per heavy atom. The highest BCUT2D eigenvalue weighted by molar-refractivity contribution is 7.89. The van der Waals surface area contributed by atoms with Crippen LogP contribution in [0.5, 0.6) is 0 Å². The van der Waals surface area contributed by atoms with Gasteiger partial charge in [-0.1, -0.05) is 38.0 Å². The molecule has 0 amide bonds. The Bertz CT molecular complexity index is 601. The van der Waals surface area contributed by atoms with Crippen molar-refractivity contribution < 1.29 is 23.4 Å². The lowest BCUT2D eigenvalue weighted by atomic mass is 10.1. The zero-order valence-electron chi connectivity index (χ0n) is 11.4. The number of benzene rings is 1. The number of nitrogens with zero attached hydrogens (tertiary/aromatic N) is 2. The van der Waals surface area contributed by atoms with Crippen molar-refractivity contribution in [3.05, 3.63) is 40.4 Å². The number of carboxylic acids is 1. The average Bonchev–Trinajstić information content (AvgIpc) is 2.43. The Hall–Kier alpha value is -2.16. The van der Waals surface area contributed by atoms with Gasteiger partial charge < -0.3 is 5.11 Å². The van der Waals surface area contributed by atoms with Crippen molar-refractivity contribution in [2.45, 2.75) is 37.1 Å². The lowest BCUT2D eigenvalue weighted by Crippen LogP contribution is -2.48. The highest BCUT2D eigenvalue weighted by Crippen LogP contribution is 2.21. The molecule has 1 unspecified atom stereocenters. The summed E-state index contributed by atoms with van der Waals surface area (Å²) in [5.74, 6) is -1.54. The number of hydrogen-bond donors (Lipinski definition) is 1. The summed E-state index contributed by atoms with van der Waals surface area (Å²) in [6, 6.07) is 5.01. The molecule has 0 heterocycles. The van der Waals surface area contributed by atoms with E-state index in [0.717, 1.165) is 0 Å². The maximum absolute atomic E-state index is 12.3. The van der Waals surface area contributed by atoms with Crippen LogP contribution in [-0.2, 0) is 14.8 Å². The zero-order chi connectivity index (χ0) is 16.0. The van der Waals surface area contributed by atoms with Gasteiger partial charge in [-0.25, -0.2) is 14.9 Å². The molecule has 1 rings (SSSR count). The maximum Gasteiger partial charge on any atom is 0.333 e. The van der Waals surface area contributed by atoms with E-state index in [-0.39, 0.29) is 15.7 Å². The van der Waals surface area contributed by atoms with E-state index in [4.69, 9.17) is 5.11 Å². The second kappa shape index (κ2) is 7.02. The van der Waals surface area contributed by atoms with Gasteiger partial charge in [-0.05, 0) is 18.6 Å². The first-order chi connectivity index (χ1) is 9.82. The van der Waals surface area contributed by atoms with Crippen molar-refractivity contribution in [2.24, 2.45) is 0 Å². The Labute approximate surface area is 122 Å². The summed E-state index contributed by atoms with van der Waals surface area (Å²) in [7, 11) is -4.52. The maximum atomic E-state index is 12.3. The summed E-state index contributed by atoms with van der Waals surface area (Å²) in [6.07, 6.45) is 0.839. The van der Waals surface area contributed by atoms with E-state index in [1.807, 2.05) is 0 Å². The second-order valence-corrected chi connectivity index (χ2v) is 6.12. The van der Waals surface area contributed by atoms with E-state index in [1.54, 1.807) is 13.0 Å². The van der Waals surface area contributed by atoms with Crippen molar-refractivity contribution in [1.29, 1.82) is 0 Å². The molecule has 116 valence electrons. The Morgan fingerprint density at radius 2 is 1.95 bits per heavy atom. The molecule has 1 N–H and O–H groups in total. The van der Waals surface area contributed by atoms with Gasteiger partial charge >= 0.3 is 16.0 Å². The minimum atomic E-state index is -4.52. The minimum Gasteiger partial charge on any atom is -0.480 e. The smallest absolute Gasteiger partial charge is 0.333 e. The quantitative estimate of drug-likeness (QED) is 0.573. The molecule has 1 aromatic rings. The SMILES string of the molecule is CCCCC(C(=O)O)N([N+](=O)[O-])S(=O)(=O)c1ccccc1. The normalized spacial score (nSPS) is 12.6. The van der Waals surface area contributed by atoms with Crippen LogP contribution >= 0.6 is 0 Å². The molecule has 9 heteroatoms. The van der Waals surface area contributed by atoms with E-state index < -0.39 is 27.1 Å². The molecule has 1 atom stereocenters. The highest BCUT2D eigenvalue weighted by Gasteiger charge is 2.43. The van der Waals surface area contributed by atoms with Crippen LogP contribution in [0.1, 0.15) is 26.2 Å². The molecule has 21 heavy (non-hydrogen) atoms. The third-order valence-electron chi connectivity index (χ3n) is 2.83. The number of hydrazine groups is 1. The van der Waals surface area contributed by atoms with Gasteiger partial charge in [0, 0.05) is 4.41 Å². The molecule has 0 spiro atoms. The molecule has 0 bridgehead atoms. The number of nitro groups is 1. The first kappa shape index (κ1) is 16.9. The zero-order valence-corrected chi connectivity index (χ0v) is 12.2. The molecule has 8 nitrogen and oxygen atoms in total. The van der Waals surface area contributed by atoms with Gasteiger partial charge in [0.2, 0.25) is 6.04 Å². The van der Waals surface area contributed by atoms with Crippen LogP contribution in [-0.4, -0.2) is 35.0 Å². The van der Waals surface area contributed by atoms with Crippen LogP contribution in [0.3, 0.4) is 0 Å². The third-order valence-corrected chi connectivity index (χ3v) is 4.58. The molecule has 0 fully saturated rings. The van der Waals surface area contributed by atoms with Crippen molar-refractivity contribution >= 4 is 16.0 Å². The van der Waals surface area contributed by atoms with Gasteiger partial charge in [-0.2, -0.15) is 8.42 Å². The summed E-state index contributed by atoms with van der Waals surface area (Å²) in [5.41, 5.74) is 0. The molecule has 1 aromatic carbocycles. The lowest BCUT2D eigenvalue weighted by Gasteiger charge is -2.20. The van der Waals surface area contributed by atoms with Gasteiger partial charge in [0.05, 0.1) is 4.90 Å². The molecule has 0 aliphatic heterocycles. The second-order valence-electron chi connectivity index (χ2n) is 4.32. The lowest BCUT2D eigenvalue weighted by molar-refractivity contribution is -0.625. The number of unbranched alkanes of at least 4 members (excludes halogenated alkanes) is 1. The average molecular weight is 316 g/mol. The number of carbonyl (C=O) groups is 1. The summed E-state index contributed by atoms with van der Waals surface area (Å²) in [6.45, 7) is 1.78. The van der Waals surface area contributed by atoms with Crippen LogP contribution in [0.15, 0.2) is 35.2 Å². The van der Waals surface area contributed by atoms with E-state index in [9.17, 15) is 23.3 Å². The van der Waals surface area contributed by atoms with E-state index >= 15 is 0 Å². The number of hydrogen-bond acceptors (Lipinski definition) is 5. The fraction of sp³-hybridized carbons (Fsp3) is 0.417. The van der Waals surface area contributed by atoms with Crippen molar-refractivity contribution in [3.63, 3.8) is 0 Å². The summed E-state index contributed by atoms with van der Waals surface area (Å²) in [4.78, 5) is 22.0. The highest BCUT2D eigenvalue weighted by atomic mass is 32.2. The summed E-state index contributed by atoms with van der Waals surface area (Å²) < 4.78 is 24.4. The topological polar surface area (TPSA) is 118 Å². The van der Waals surface area contributed by atoms with Gasteiger partial charge in [0.25, 0.3) is 0 Å². The molecule has 0 aliphatic rings. The number of carboxylic acid groups (broad SMARTS) is 1. The molecule has 0 radical (unpaired) electrons. The Morgan fingerprint density at radius 3 is 2.38 bits per heavy atom. The number of sulfonamides is 1. The molecule has 0 aliphatic carbocycles. The number of aliphatic carboxylic acids is 1. The summed E-state index contributed by atoms with van der Waals surface area (Å²) in [5, 5.41) is 19.1. The Kier molecular flexibility index (Phi) is 5.65. The predicted octanol–water partition coefficient (Wildman–Crippen LogP) is 1.51. The predicted molar refractivity (Wildman–Crippen MR) is 73.4 cm³/mol.